The summed E-state index contributed by atoms with van der Waals surface area (Å²) in [6.45, 7) is 3.94. The zero-order valence-corrected chi connectivity index (χ0v) is 11.5. The molecule has 5 heteroatoms. The third kappa shape index (κ3) is 2.93. The van der Waals surface area contributed by atoms with Gasteiger partial charge in [-0.2, -0.15) is 0 Å². The second kappa shape index (κ2) is 5.40. The van der Waals surface area contributed by atoms with Crippen LogP contribution in [0.2, 0.25) is 0 Å². The molecule has 1 atom stereocenters. The molecule has 0 aliphatic heterocycles. The Bertz CT molecular complexity index is 606. The molecule has 0 bridgehead atoms. The molecule has 3 N–H and O–H groups in total. The summed E-state index contributed by atoms with van der Waals surface area (Å²) < 4.78 is 5.30. The number of aromatic carboxylic acids is 1. The summed E-state index contributed by atoms with van der Waals surface area (Å²) in [5.74, 6) is -0.445. The van der Waals surface area contributed by atoms with Gasteiger partial charge in [0.1, 0.15) is 5.76 Å². The van der Waals surface area contributed by atoms with Crippen molar-refractivity contribution in [2.45, 2.75) is 24.0 Å². The van der Waals surface area contributed by atoms with Crippen LogP contribution in [0.1, 0.15) is 34.1 Å². The van der Waals surface area contributed by atoms with Gasteiger partial charge in [-0.25, -0.2) is 4.79 Å². The number of anilines is 1. The van der Waals surface area contributed by atoms with Crippen LogP contribution in [0.3, 0.4) is 0 Å². The van der Waals surface area contributed by atoms with Gasteiger partial charge in [0, 0.05) is 10.6 Å². The van der Waals surface area contributed by atoms with Crippen LogP contribution in [0.4, 0.5) is 5.69 Å². The van der Waals surface area contributed by atoms with E-state index in [9.17, 15) is 4.79 Å². The van der Waals surface area contributed by atoms with Crippen molar-refractivity contribution in [3.05, 3.63) is 47.4 Å². The predicted octanol–water partition coefficient (Wildman–Crippen LogP) is 3.72. The number of rotatable bonds is 4. The monoisotopic (exact) mass is 277 g/mol. The quantitative estimate of drug-likeness (QED) is 0.658. The van der Waals surface area contributed by atoms with Crippen LogP contribution in [0, 0.1) is 6.92 Å². The standard InChI is InChI=1S/C14H15NO3S/c1-8-10(15)4-3-5-13(8)19-9(2)11-6-7-12(18-11)14(16)17/h3-7,9H,15H2,1-2H3,(H,16,17). The summed E-state index contributed by atoms with van der Waals surface area (Å²) in [7, 11) is 0. The van der Waals surface area contributed by atoms with Crippen molar-refractivity contribution in [2.75, 3.05) is 5.73 Å². The van der Waals surface area contributed by atoms with E-state index < -0.39 is 5.97 Å². The van der Waals surface area contributed by atoms with E-state index in [-0.39, 0.29) is 11.0 Å². The summed E-state index contributed by atoms with van der Waals surface area (Å²) in [4.78, 5) is 11.8. The van der Waals surface area contributed by atoms with Crippen molar-refractivity contribution in [1.29, 1.82) is 0 Å². The molecule has 19 heavy (non-hydrogen) atoms. The van der Waals surface area contributed by atoms with Crippen LogP contribution in [0.15, 0.2) is 39.6 Å². The minimum atomic E-state index is -1.05. The average Bonchev–Trinajstić information content (AvgIpc) is 2.84. The van der Waals surface area contributed by atoms with Gasteiger partial charge in [-0.15, -0.1) is 11.8 Å². The number of benzene rings is 1. The third-order valence-electron chi connectivity index (χ3n) is 2.87. The molecule has 1 aromatic carbocycles. The van der Waals surface area contributed by atoms with Crippen molar-refractivity contribution < 1.29 is 14.3 Å². The summed E-state index contributed by atoms with van der Waals surface area (Å²) in [6, 6.07) is 8.93. The first kappa shape index (κ1) is 13.5. The number of hydrogen-bond acceptors (Lipinski definition) is 4. The maximum absolute atomic E-state index is 10.8. The van der Waals surface area contributed by atoms with Crippen LogP contribution < -0.4 is 5.73 Å². The van der Waals surface area contributed by atoms with Crippen LogP contribution >= 0.6 is 11.8 Å². The second-order valence-corrected chi connectivity index (χ2v) is 5.62. The number of furan rings is 1. The van der Waals surface area contributed by atoms with Crippen molar-refractivity contribution in [1.82, 2.24) is 0 Å². The van der Waals surface area contributed by atoms with Gasteiger partial charge in [0.2, 0.25) is 5.76 Å². The summed E-state index contributed by atoms with van der Waals surface area (Å²) in [5, 5.41) is 8.85. The number of nitrogens with two attached hydrogens (primary N) is 1. The summed E-state index contributed by atoms with van der Waals surface area (Å²) in [6.07, 6.45) is 0. The minimum Gasteiger partial charge on any atom is -0.475 e. The maximum Gasteiger partial charge on any atom is 0.371 e. The van der Waals surface area contributed by atoms with E-state index in [1.54, 1.807) is 17.8 Å². The highest BCUT2D eigenvalue weighted by atomic mass is 32.2. The molecule has 2 aromatic rings. The third-order valence-corrected chi connectivity index (χ3v) is 4.15. The smallest absolute Gasteiger partial charge is 0.371 e. The topological polar surface area (TPSA) is 76.5 Å². The number of hydrogen-bond donors (Lipinski definition) is 2. The highest BCUT2D eigenvalue weighted by Gasteiger charge is 2.16. The van der Waals surface area contributed by atoms with E-state index in [1.165, 1.54) is 6.07 Å². The van der Waals surface area contributed by atoms with Crippen molar-refractivity contribution in [3.63, 3.8) is 0 Å². The number of nitrogen functional groups attached to an aromatic ring is 1. The number of carbonyl (C=O) groups is 1. The van der Waals surface area contributed by atoms with Gasteiger partial charge in [0.25, 0.3) is 0 Å². The lowest BCUT2D eigenvalue weighted by Gasteiger charge is -2.12. The maximum atomic E-state index is 10.8. The fraction of sp³-hybridized carbons (Fsp3) is 0.214. The van der Waals surface area contributed by atoms with E-state index >= 15 is 0 Å². The second-order valence-electron chi connectivity index (χ2n) is 4.24. The van der Waals surface area contributed by atoms with Crippen LogP contribution in [-0.2, 0) is 0 Å². The first-order valence-electron chi connectivity index (χ1n) is 5.84. The number of carboxylic acid groups (broad SMARTS) is 1. The first-order chi connectivity index (χ1) is 8.99. The zero-order valence-electron chi connectivity index (χ0n) is 10.7. The molecular weight excluding hydrogens is 262 g/mol. The Labute approximate surface area is 115 Å². The predicted molar refractivity (Wildman–Crippen MR) is 75.5 cm³/mol. The van der Waals surface area contributed by atoms with Gasteiger partial charge in [-0.3, -0.25) is 0 Å². The first-order valence-corrected chi connectivity index (χ1v) is 6.71. The number of thioether (sulfide) groups is 1. The van der Waals surface area contributed by atoms with E-state index in [0.717, 1.165) is 16.1 Å². The fourth-order valence-corrected chi connectivity index (χ4v) is 2.77. The Kier molecular flexibility index (Phi) is 3.85. The molecule has 1 aromatic heterocycles. The van der Waals surface area contributed by atoms with E-state index in [0.29, 0.717) is 5.76 Å². The molecule has 0 amide bonds. The molecule has 0 spiro atoms. The Hall–Kier alpha value is -1.88. The van der Waals surface area contributed by atoms with Gasteiger partial charge >= 0.3 is 5.97 Å². The van der Waals surface area contributed by atoms with Gasteiger partial charge in [-0.05, 0) is 43.7 Å². The van der Waals surface area contributed by atoms with E-state index in [4.69, 9.17) is 15.3 Å². The number of carboxylic acids is 1. The van der Waals surface area contributed by atoms with Crippen molar-refractivity contribution in [3.8, 4) is 0 Å². The van der Waals surface area contributed by atoms with E-state index in [1.807, 2.05) is 32.0 Å². The Morgan fingerprint density at radius 2 is 2.11 bits per heavy atom. The molecule has 1 heterocycles. The lowest BCUT2D eigenvalue weighted by molar-refractivity contribution is 0.0660. The lowest BCUT2D eigenvalue weighted by Crippen LogP contribution is -1.94. The molecule has 0 saturated carbocycles. The largest absolute Gasteiger partial charge is 0.475 e. The molecule has 4 nitrogen and oxygen atoms in total. The van der Waals surface area contributed by atoms with E-state index in [2.05, 4.69) is 0 Å². The normalized spacial score (nSPS) is 12.3. The molecular formula is C14H15NO3S. The van der Waals surface area contributed by atoms with Gasteiger partial charge in [0.05, 0.1) is 5.25 Å². The van der Waals surface area contributed by atoms with Crippen molar-refractivity contribution in [2.24, 2.45) is 0 Å². The SMILES string of the molecule is Cc1c(N)cccc1SC(C)c1ccc(C(=O)O)o1. The fourth-order valence-electron chi connectivity index (χ4n) is 1.69. The molecule has 0 aliphatic rings. The molecule has 0 saturated heterocycles. The molecule has 0 radical (unpaired) electrons. The molecule has 0 fully saturated rings. The van der Waals surface area contributed by atoms with Gasteiger partial charge < -0.3 is 15.3 Å². The Morgan fingerprint density at radius 3 is 2.74 bits per heavy atom. The molecule has 100 valence electrons. The average molecular weight is 277 g/mol. The molecule has 1 unspecified atom stereocenters. The van der Waals surface area contributed by atoms with Crippen LogP contribution in [-0.4, -0.2) is 11.1 Å². The van der Waals surface area contributed by atoms with Crippen LogP contribution in [0.25, 0.3) is 0 Å². The van der Waals surface area contributed by atoms with Gasteiger partial charge in [-0.1, -0.05) is 6.07 Å². The van der Waals surface area contributed by atoms with Crippen molar-refractivity contribution >= 4 is 23.4 Å². The highest BCUT2D eigenvalue weighted by Crippen LogP contribution is 2.38. The highest BCUT2D eigenvalue weighted by molar-refractivity contribution is 7.99. The van der Waals surface area contributed by atoms with Crippen LogP contribution in [0.5, 0.6) is 0 Å². The summed E-state index contributed by atoms with van der Waals surface area (Å²) in [5.41, 5.74) is 7.65. The zero-order chi connectivity index (χ0) is 14.0. The molecule has 0 aliphatic carbocycles. The molecule has 2 rings (SSSR count). The Morgan fingerprint density at radius 1 is 1.37 bits per heavy atom. The lowest BCUT2D eigenvalue weighted by atomic mass is 10.2. The minimum absolute atomic E-state index is 0.0219. The van der Waals surface area contributed by atoms with Gasteiger partial charge in [0.15, 0.2) is 0 Å². The Balaban J connectivity index is 2.18. The summed E-state index contributed by atoms with van der Waals surface area (Å²) >= 11 is 1.60.